The van der Waals surface area contributed by atoms with Crippen molar-refractivity contribution in [2.24, 2.45) is 15.0 Å². The van der Waals surface area contributed by atoms with Crippen molar-refractivity contribution in [2.45, 2.75) is 24.5 Å². The Hall–Kier alpha value is -1.59. The van der Waals surface area contributed by atoms with E-state index < -0.39 is 37.1 Å². The number of aliphatic hydroxyl groups excluding tert-OH is 3. The number of aliphatic hydroxyl groups is 3. The molecule has 0 radical (unpaired) electrons. The first-order valence-electron chi connectivity index (χ1n) is 5.74. The lowest BCUT2D eigenvalue weighted by Gasteiger charge is -2.27. The Morgan fingerprint density at radius 2 is 2.15 bits per heavy atom. The van der Waals surface area contributed by atoms with E-state index in [1.807, 2.05) is 0 Å². The van der Waals surface area contributed by atoms with Gasteiger partial charge < -0.3 is 20.1 Å². The predicted octanol–water partition coefficient (Wildman–Crippen LogP) is -2.57. The number of carbonyl (C=O) groups excluding carboxylic acids is 1. The number of carbonyl (C=O) groups is 1. The molecule has 0 aromatic carbocycles. The molecule has 10 heteroatoms. The SMILES string of the molecule is O=C1N=CN=C2C1=NC(=S)N2[C@H]1O[C@@H](CO)[C@H](O)[C@@H]1O. The van der Waals surface area contributed by atoms with E-state index in [1.165, 1.54) is 4.90 Å². The van der Waals surface area contributed by atoms with Gasteiger partial charge in [-0.25, -0.2) is 9.98 Å². The van der Waals surface area contributed by atoms with Crippen molar-refractivity contribution in [3.8, 4) is 0 Å². The van der Waals surface area contributed by atoms with E-state index in [1.54, 1.807) is 0 Å². The molecule has 0 saturated carbocycles. The van der Waals surface area contributed by atoms with E-state index in [0.29, 0.717) is 0 Å². The molecule has 1 fully saturated rings. The molecule has 1 saturated heterocycles. The van der Waals surface area contributed by atoms with Gasteiger partial charge in [0.1, 0.15) is 24.7 Å². The first-order chi connectivity index (χ1) is 9.54. The summed E-state index contributed by atoms with van der Waals surface area (Å²) >= 11 is 5.03. The highest BCUT2D eigenvalue weighted by Crippen LogP contribution is 2.27. The van der Waals surface area contributed by atoms with Crippen LogP contribution in [0.5, 0.6) is 0 Å². The molecule has 0 spiro atoms. The maximum Gasteiger partial charge on any atom is 0.301 e. The normalized spacial score (nSPS) is 36.2. The van der Waals surface area contributed by atoms with Crippen molar-refractivity contribution in [1.29, 1.82) is 0 Å². The number of rotatable bonds is 2. The molecule has 3 rings (SSSR count). The summed E-state index contributed by atoms with van der Waals surface area (Å²) in [6, 6.07) is 0. The number of thiocarbonyl (C=S) groups is 1. The van der Waals surface area contributed by atoms with Gasteiger partial charge in [0.25, 0.3) is 0 Å². The molecule has 0 aromatic heterocycles. The number of aliphatic imine (C=N–C) groups is 3. The highest BCUT2D eigenvalue weighted by atomic mass is 32.1. The molecule has 0 bridgehead atoms. The maximum absolute atomic E-state index is 11.6. The summed E-state index contributed by atoms with van der Waals surface area (Å²) in [5, 5.41) is 28.8. The van der Waals surface area contributed by atoms with E-state index in [4.69, 9.17) is 22.1 Å². The standard InChI is InChI=1S/C10H10N4O5S/c15-1-3-5(16)6(17)9(19-3)14-7-4(13-10(14)20)8(18)12-2-11-7/h2-3,5-6,9,15-17H,1H2/t3-,5-,6-,9-/m0/s1. The van der Waals surface area contributed by atoms with Gasteiger partial charge in [-0.2, -0.15) is 4.99 Å². The molecule has 4 atom stereocenters. The van der Waals surface area contributed by atoms with Crippen molar-refractivity contribution >= 4 is 41.1 Å². The van der Waals surface area contributed by atoms with E-state index in [9.17, 15) is 15.0 Å². The van der Waals surface area contributed by atoms with E-state index in [-0.39, 0.29) is 16.7 Å². The Morgan fingerprint density at radius 3 is 2.80 bits per heavy atom. The zero-order valence-corrected chi connectivity index (χ0v) is 10.8. The topological polar surface area (TPSA) is 127 Å². The minimum atomic E-state index is -1.32. The van der Waals surface area contributed by atoms with Crippen LogP contribution in [0.3, 0.4) is 0 Å². The molecule has 0 aromatic rings. The molecule has 0 aliphatic carbocycles. The Balaban J connectivity index is 1.92. The second kappa shape index (κ2) is 4.75. The quantitative estimate of drug-likeness (QED) is 0.478. The lowest BCUT2D eigenvalue weighted by Crippen LogP contribution is -2.49. The van der Waals surface area contributed by atoms with Crippen LogP contribution in [0.1, 0.15) is 0 Å². The van der Waals surface area contributed by atoms with Gasteiger partial charge >= 0.3 is 5.91 Å². The fourth-order valence-corrected chi connectivity index (χ4v) is 2.47. The molecule has 0 unspecified atom stereocenters. The second-order valence-corrected chi connectivity index (χ2v) is 4.71. The number of amidine groups is 1. The summed E-state index contributed by atoms with van der Waals surface area (Å²) in [7, 11) is 0. The van der Waals surface area contributed by atoms with Crippen LogP contribution >= 0.6 is 12.2 Å². The zero-order valence-electron chi connectivity index (χ0n) is 9.95. The summed E-state index contributed by atoms with van der Waals surface area (Å²) in [5.74, 6) is -0.476. The molecule has 3 aliphatic rings. The third kappa shape index (κ3) is 1.81. The highest BCUT2D eigenvalue weighted by molar-refractivity contribution is 7.80. The van der Waals surface area contributed by atoms with Gasteiger partial charge in [0, 0.05) is 0 Å². The molecule has 3 heterocycles. The van der Waals surface area contributed by atoms with Crippen LogP contribution in [0.4, 0.5) is 0 Å². The first-order valence-corrected chi connectivity index (χ1v) is 6.15. The van der Waals surface area contributed by atoms with E-state index >= 15 is 0 Å². The first kappa shape index (κ1) is 13.4. The summed E-state index contributed by atoms with van der Waals surface area (Å²) in [4.78, 5) is 24.0. The van der Waals surface area contributed by atoms with Gasteiger partial charge in [0.15, 0.2) is 17.8 Å². The van der Waals surface area contributed by atoms with Crippen molar-refractivity contribution in [3.63, 3.8) is 0 Å². The Labute approximate surface area is 117 Å². The largest absolute Gasteiger partial charge is 0.394 e. The minimum absolute atomic E-state index is 0.0209. The molecule has 1 amide bonds. The Morgan fingerprint density at radius 1 is 1.40 bits per heavy atom. The van der Waals surface area contributed by atoms with Crippen LogP contribution in [0, 0.1) is 0 Å². The third-order valence-corrected chi connectivity index (χ3v) is 3.47. The van der Waals surface area contributed by atoms with Crippen LogP contribution < -0.4 is 0 Å². The number of nitrogens with zero attached hydrogens (tertiary/aromatic N) is 4. The van der Waals surface area contributed by atoms with Crippen molar-refractivity contribution in [3.05, 3.63) is 0 Å². The second-order valence-electron chi connectivity index (χ2n) is 4.34. The van der Waals surface area contributed by atoms with Crippen LogP contribution in [-0.4, -0.2) is 80.3 Å². The van der Waals surface area contributed by atoms with Crippen LogP contribution in [-0.2, 0) is 9.53 Å². The van der Waals surface area contributed by atoms with Crippen molar-refractivity contribution in [1.82, 2.24) is 4.90 Å². The smallest absolute Gasteiger partial charge is 0.301 e. The van der Waals surface area contributed by atoms with Crippen LogP contribution in [0.2, 0.25) is 0 Å². The molecule has 106 valence electrons. The number of fused-ring (bicyclic) bond motifs is 1. The van der Waals surface area contributed by atoms with Crippen molar-refractivity contribution in [2.75, 3.05) is 6.61 Å². The maximum atomic E-state index is 11.6. The van der Waals surface area contributed by atoms with Crippen LogP contribution in [0.25, 0.3) is 0 Å². The predicted molar refractivity (Wildman–Crippen MR) is 70.6 cm³/mol. The van der Waals surface area contributed by atoms with Crippen LogP contribution in [0.15, 0.2) is 15.0 Å². The molecule has 20 heavy (non-hydrogen) atoms. The van der Waals surface area contributed by atoms with Gasteiger partial charge in [-0.3, -0.25) is 9.69 Å². The van der Waals surface area contributed by atoms with Gasteiger partial charge in [0.05, 0.1) is 6.61 Å². The Kier molecular flexibility index (Phi) is 3.18. The lowest BCUT2D eigenvalue weighted by atomic mass is 10.1. The monoisotopic (exact) mass is 298 g/mol. The summed E-state index contributed by atoms with van der Waals surface area (Å²) in [5.41, 5.74) is -0.0322. The highest BCUT2D eigenvalue weighted by Gasteiger charge is 2.50. The average molecular weight is 298 g/mol. The number of ether oxygens (including phenoxy) is 1. The third-order valence-electron chi connectivity index (χ3n) is 3.18. The van der Waals surface area contributed by atoms with Gasteiger partial charge in [-0.15, -0.1) is 0 Å². The fourth-order valence-electron chi connectivity index (χ4n) is 2.19. The molecular formula is C10H10N4O5S. The van der Waals surface area contributed by atoms with Gasteiger partial charge in [-0.1, -0.05) is 0 Å². The van der Waals surface area contributed by atoms with E-state index in [0.717, 1.165) is 6.34 Å². The number of hydrogen-bond donors (Lipinski definition) is 3. The molecule has 9 nitrogen and oxygen atoms in total. The molecule has 3 aliphatic heterocycles. The number of hydrogen-bond acceptors (Lipinski definition) is 7. The van der Waals surface area contributed by atoms with Gasteiger partial charge in [-0.05, 0) is 12.2 Å². The Bertz CT molecular complexity index is 574. The van der Waals surface area contributed by atoms with Gasteiger partial charge in [0.2, 0.25) is 5.11 Å². The summed E-state index contributed by atoms with van der Waals surface area (Å²) < 4.78 is 5.35. The van der Waals surface area contributed by atoms with Crippen molar-refractivity contribution < 1.29 is 24.9 Å². The lowest BCUT2D eigenvalue weighted by molar-refractivity contribution is -0.111. The average Bonchev–Trinajstić information content (AvgIpc) is 2.90. The fraction of sp³-hybridized carbons (Fsp3) is 0.500. The minimum Gasteiger partial charge on any atom is -0.394 e. The summed E-state index contributed by atoms with van der Waals surface area (Å²) in [6.07, 6.45) is -3.56. The number of amides is 1. The molecular weight excluding hydrogens is 288 g/mol. The van der Waals surface area contributed by atoms with E-state index in [2.05, 4.69) is 15.0 Å². The molecule has 3 N–H and O–H groups in total. The zero-order chi connectivity index (χ0) is 14.4. The summed E-state index contributed by atoms with van der Waals surface area (Å²) in [6.45, 7) is -0.462.